The van der Waals surface area contributed by atoms with Gasteiger partial charge in [0.05, 0.1) is 5.41 Å². The van der Waals surface area contributed by atoms with Crippen molar-refractivity contribution in [3.63, 3.8) is 0 Å². The smallest absolute Gasteiger partial charge is 0.226 e. The predicted molar refractivity (Wildman–Crippen MR) is 79.2 cm³/mol. The van der Waals surface area contributed by atoms with Crippen molar-refractivity contribution in [2.24, 2.45) is 16.2 Å². The van der Waals surface area contributed by atoms with Gasteiger partial charge in [-0.3, -0.25) is 4.79 Å². The summed E-state index contributed by atoms with van der Waals surface area (Å²) in [5.74, 6) is 0.179. The average Bonchev–Trinajstić information content (AvgIpc) is 2.13. The number of unbranched alkanes of at least 4 members (excludes halogenated alkanes) is 1. The first-order valence-corrected chi connectivity index (χ1v) is 7.01. The van der Waals surface area contributed by atoms with Crippen molar-refractivity contribution >= 4 is 5.91 Å². The minimum atomic E-state index is -0.341. The predicted octanol–water partition coefficient (Wildman–Crippen LogP) is 4.21. The molecule has 0 spiro atoms. The Morgan fingerprint density at radius 1 is 1.06 bits per heavy atom. The van der Waals surface area contributed by atoms with Gasteiger partial charge in [0.25, 0.3) is 0 Å². The van der Waals surface area contributed by atoms with Gasteiger partial charge in [-0.15, -0.1) is 0 Å². The van der Waals surface area contributed by atoms with Crippen LogP contribution in [-0.4, -0.2) is 12.5 Å². The Bertz CT molecular complexity index is 270. The minimum Gasteiger partial charge on any atom is -0.356 e. The Labute approximate surface area is 114 Å². The molecule has 0 radical (unpaired) electrons. The number of amides is 1. The maximum atomic E-state index is 12.5. The van der Waals surface area contributed by atoms with Crippen LogP contribution in [0.25, 0.3) is 0 Å². The fourth-order valence-electron chi connectivity index (χ4n) is 2.27. The largest absolute Gasteiger partial charge is 0.356 e. The molecule has 1 atom stereocenters. The van der Waals surface area contributed by atoms with Crippen molar-refractivity contribution in [1.29, 1.82) is 0 Å². The van der Waals surface area contributed by atoms with E-state index in [4.69, 9.17) is 0 Å². The molecule has 0 bridgehead atoms. The van der Waals surface area contributed by atoms with Crippen LogP contribution in [0.4, 0.5) is 0 Å². The van der Waals surface area contributed by atoms with E-state index in [1.807, 2.05) is 0 Å². The van der Waals surface area contributed by atoms with Crippen molar-refractivity contribution < 1.29 is 4.79 Å². The first kappa shape index (κ1) is 17.5. The maximum Gasteiger partial charge on any atom is 0.226 e. The molecule has 0 fully saturated rings. The third-order valence-electron chi connectivity index (χ3n) is 3.75. The molecule has 1 amide bonds. The van der Waals surface area contributed by atoms with E-state index in [0.717, 1.165) is 25.8 Å². The molecule has 0 aliphatic rings. The summed E-state index contributed by atoms with van der Waals surface area (Å²) in [7, 11) is 0. The van der Waals surface area contributed by atoms with Gasteiger partial charge in [0.2, 0.25) is 5.91 Å². The highest BCUT2D eigenvalue weighted by Gasteiger charge is 2.46. The molecule has 0 aliphatic heterocycles. The van der Waals surface area contributed by atoms with Crippen LogP contribution in [0.2, 0.25) is 0 Å². The van der Waals surface area contributed by atoms with E-state index in [-0.39, 0.29) is 22.2 Å². The molecular formula is C16H32NO-. The van der Waals surface area contributed by atoms with Gasteiger partial charge in [0.1, 0.15) is 0 Å². The Morgan fingerprint density at radius 2 is 1.56 bits per heavy atom. The van der Waals surface area contributed by atoms with Crippen LogP contribution in [0.1, 0.15) is 67.7 Å². The van der Waals surface area contributed by atoms with Crippen molar-refractivity contribution in [2.75, 3.05) is 6.54 Å². The zero-order chi connectivity index (χ0) is 14.6. The summed E-state index contributed by atoms with van der Waals surface area (Å²) in [4.78, 5) is 12.5. The van der Waals surface area contributed by atoms with E-state index in [1.54, 1.807) is 0 Å². The number of hydrogen-bond donors (Lipinski definition) is 1. The third-order valence-corrected chi connectivity index (χ3v) is 3.75. The first-order chi connectivity index (χ1) is 7.94. The summed E-state index contributed by atoms with van der Waals surface area (Å²) in [5, 5.41) is 3.07. The molecule has 1 unspecified atom stereocenters. The van der Waals surface area contributed by atoms with Crippen LogP contribution in [0.15, 0.2) is 0 Å². The molecule has 0 saturated carbocycles. The lowest BCUT2D eigenvalue weighted by molar-refractivity contribution is -0.138. The molecule has 0 heterocycles. The molecule has 0 aliphatic carbocycles. The molecule has 2 heteroatoms. The van der Waals surface area contributed by atoms with E-state index >= 15 is 0 Å². The van der Waals surface area contributed by atoms with Crippen molar-refractivity contribution in [1.82, 2.24) is 5.32 Å². The van der Waals surface area contributed by atoms with Crippen molar-refractivity contribution in [3.05, 3.63) is 6.92 Å². The second-order valence-corrected chi connectivity index (χ2v) is 7.78. The maximum absolute atomic E-state index is 12.5. The summed E-state index contributed by atoms with van der Waals surface area (Å²) in [5.41, 5.74) is -0.243. The number of hydrogen-bond acceptors (Lipinski definition) is 1. The van der Waals surface area contributed by atoms with E-state index in [1.165, 1.54) is 0 Å². The molecule has 108 valence electrons. The molecule has 0 aromatic heterocycles. The number of carbonyl (C=O) groups is 1. The second-order valence-electron chi connectivity index (χ2n) is 7.78. The highest BCUT2D eigenvalue weighted by molar-refractivity contribution is 5.83. The monoisotopic (exact) mass is 254 g/mol. The van der Waals surface area contributed by atoms with Gasteiger partial charge in [-0.1, -0.05) is 54.9 Å². The van der Waals surface area contributed by atoms with E-state index < -0.39 is 0 Å². The highest BCUT2D eigenvalue weighted by atomic mass is 16.2. The first-order valence-electron chi connectivity index (χ1n) is 7.01. The third kappa shape index (κ3) is 4.99. The topological polar surface area (TPSA) is 29.1 Å². The van der Waals surface area contributed by atoms with Crippen LogP contribution in [0.3, 0.4) is 0 Å². The fourth-order valence-corrected chi connectivity index (χ4v) is 2.27. The molecular weight excluding hydrogens is 222 g/mol. The van der Waals surface area contributed by atoms with E-state index in [2.05, 4.69) is 60.7 Å². The second kappa shape index (κ2) is 6.08. The van der Waals surface area contributed by atoms with Gasteiger partial charge in [-0.2, -0.15) is 6.42 Å². The summed E-state index contributed by atoms with van der Waals surface area (Å²) < 4.78 is 0. The molecule has 2 nitrogen and oxygen atoms in total. The Morgan fingerprint density at radius 3 is 1.89 bits per heavy atom. The summed E-state index contributed by atoms with van der Waals surface area (Å²) in [6.45, 7) is 19.7. The minimum absolute atomic E-state index is 0.0468. The van der Waals surface area contributed by atoms with Crippen LogP contribution < -0.4 is 5.32 Å². The summed E-state index contributed by atoms with van der Waals surface area (Å²) in [6.07, 6.45) is 2.70. The summed E-state index contributed by atoms with van der Waals surface area (Å²) in [6, 6.07) is 0. The quantitative estimate of drug-likeness (QED) is 0.578. The van der Waals surface area contributed by atoms with Gasteiger partial charge < -0.3 is 12.2 Å². The standard InChI is InChI=1S/C16H32NO/c1-9-10-11-17-13(18)16(8,15(5,6)7)12-14(2,3)4/h1,9-12H2,2-8H3,(H,17,18)/q-1. The molecule has 0 aromatic carbocycles. The van der Waals surface area contributed by atoms with Crippen LogP contribution in [0.5, 0.6) is 0 Å². The Hall–Kier alpha value is -0.530. The molecule has 0 saturated heterocycles. The zero-order valence-corrected chi connectivity index (χ0v) is 13.4. The van der Waals surface area contributed by atoms with Crippen LogP contribution in [-0.2, 0) is 4.79 Å². The molecule has 1 N–H and O–H groups in total. The van der Waals surface area contributed by atoms with E-state index in [0.29, 0.717) is 0 Å². The average molecular weight is 254 g/mol. The fraction of sp³-hybridized carbons (Fsp3) is 0.875. The lowest BCUT2D eigenvalue weighted by Crippen LogP contribution is -2.49. The van der Waals surface area contributed by atoms with Crippen molar-refractivity contribution in [3.8, 4) is 0 Å². The van der Waals surface area contributed by atoms with E-state index in [9.17, 15) is 4.79 Å². The van der Waals surface area contributed by atoms with Gasteiger partial charge in [-0.05, 0) is 17.3 Å². The highest BCUT2D eigenvalue weighted by Crippen LogP contribution is 2.46. The number of rotatable bonds is 5. The lowest BCUT2D eigenvalue weighted by atomic mass is 9.61. The number of nitrogens with one attached hydrogen (secondary N) is 1. The van der Waals surface area contributed by atoms with Gasteiger partial charge in [-0.25, -0.2) is 0 Å². The molecule has 0 rings (SSSR count). The lowest BCUT2D eigenvalue weighted by Gasteiger charge is -2.44. The normalized spacial score (nSPS) is 16.2. The number of carbonyl (C=O) groups excluding carboxylic acids is 1. The van der Waals surface area contributed by atoms with Gasteiger partial charge >= 0.3 is 0 Å². The van der Waals surface area contributed by atoms with Gasteiger partial charge in [0.15, 0.2) is 0 Å². The molecule has 18 heavy (non-hydrogen) atoms. The SMILES string of the molecule is [CH2-]CCCNC(=O)C(C)(CC(C)(C)C)C(C)(C)C. The summed E-state index contributed by atoms with van der Waals surface area (Å²) >= 11 is 0. The Kier molecular flexibility index (Phi) is 5.90. The zero-order valence-electron chi connectivity index (χ0n) is 13.4. The van der Waals surface area contributed by atoms with Crippen molar-refractivity contribution in [2.45, 2.75) is 67.7 Å². The van der Waals surface area contributed by atoms with Crippen LogP contribution >= 0.6 is 0 Å². The van der Waals surface area contributed by atoms with Gasteiger partial charge in [0, 0.05) is 6.54 Å². The molecule has 0 aromatic rings. The van der Waals surface area contributed by atoms with Crippen LogP contribution in [0, 0.1) is 23.2 Å². The Balaban J connectivity index is 4.94.